The summed E-state index contributed by atoms with van der Waals surface area (Å²) in [7, 11) is 0. The maximum Gasteiger partial charge on any atom is 0.278 e. The van der Waals surface area contributed by atoms with E-state index in [1.54, 1.807) is 12.4 Å². The molecule has 0 atom stereocenters. The lowest BCUT2D eigenvalue weighted by atomic mass is 9.99. The molecule has 1 saturated heterocycles. The fraction of sp³-hybridized carbons (Fsp3) is 0.375. The zero-order valence-electron chi connectivity index (χ0n) is 17.9. The Kier molecular flexibility index (Phi) is 5.68. The molecular weight excluding hydrogens is 376 g/mol. The Balaban J connectivity index is 1.73. The van der Waals surface area contributed by atoms with Gasteiger partial charge in [0, 0.05) is 38.6 Å². The van der Waals surface area contributed by atoms with Crippen LogP contribution in [0.1, 0.15) is 29.2 Å². The van der Waals surface area contributed by atoms with Gasteiger partial charge in [0.1, 0.15) is 5.70 Å². The second-order valence-corrected chi connectivity index (χ2v) is 8.00. The number of hydrogen-bond donors (Lipinski definition) is 0. The summed E-state index contributed by atoms with van der Waals surface area (Å²) >= 11 is 0. The van der Waals surface area contributed by atoms with Crippen molar-refractivity contribution in [3.05, 3.63) is 70.7 Å². The van der Waals surface area contributed by atoms with Crippen molar-refractivity contribution >= 4 is 17.4 Å². The van der Waals surface area contributed by atoms with Gasteiger partial charge in [-0.15, -0.1) is 0 Å². The quantitative estimate of drug-likeness (QED) is 0.717. The lowest BCUT2D eigenvalue weighted by Gasteiger charge is -2.36. The molecule has 2 aliphatic rings. The fourth-order valence-corrected chi connectivity index (χ4v) is 4.12. The van der Waals surface area contributed by atoms with Crippen molar-refractivity contribution in [1.29, 1.82) is 0 Å². The highest BCUT2D eigenvalue weighted by molar-refractivity contribution is 6.35. The average Bonchev–Trinajstić information content (AvgIpc) is 3.01. The van der Waals surface area contributed by atoms with Crippen LogP contribution < -0.4 is 0 Å². The van der Waals surface area contributed by atoms with E-state index < -0.39 is 0 Å². The van der Waals surface area contributed by atoms with Gasteiger partial charge in [-0.05, 0) is 48.7 Å². The van der Waals surface area contributed by atoms with Gasteiger partial charge in [0.2, 0.25) is 0 Å². The van der Waals surface area contributed by atoms with E-state index >= 15 is 0 Å². The zero-order valence-corrected chi connectivity index (χ0v) is 17.9. The van der Waals surface area contributed by atoms with E-state index in [0.29, 0.717) is 11.3 Å². The number of hydrogen-bond acceptors (Lipinski definition) is 5. The van der Waals surface area contributed by atoms with Gasteiger partial charge in [0.15, 0.2) is 0 Å². The molecule has 0 N–H and O–H groups in total. The second kappa shape index (κ2) is 8.40. The molecule has 0 saturated carbocycles. The van der Waals surface area contributed by atoms with Crippen molar-refractivity contribution < 1.29 is 9.59 Å². The predicted molar refractivity (Wildman–Crippen MR) is 116 cm³/mol. The van der Waals surface area contributed by atoms with Crippen LogP contribution in [0.15, 0.2) is 48.4 Å². The number of piperazine rings is 1. The van der Waals surface area contributed by atoms with Gasteiger partial charge < -0.3 is 9.80 Å². The van der Waals surface area contributed by atoms with Crippen molar-refractivity contribution in [2.45, 2.75) is 27.3 Å². The molecule has 2 amide bonds. The molecule has 30 heavy (non-hydrogen) atoms. The van der Waals surface area contributed by atoms with Gasteiger partial charge in [-0.1, -0.05) is 31.2 Å². The van der Waals surface area contributed by atoms with Gasteiger partial charge in [0.25, 0.3) is 11.8 Å². The topological polar surface area (TPSA) is 56.8 Å². The summed E-state index contributed by atoms with van der Waals surface area (Å²) in [5, 5.41) is 0. The van der Waals surface area contributed by atoms with Crippen molar-refractivity contribution in [3.63, 3.8) is 0 Å². The molecule has 156 valence electrons. The SMILES string of the molecule is CCN1CCN(C2=C(c3ccc(C)c(C)c3)C(=O)N(Cc3cccnc3)C2=O)CC1. The Morgan fingerprint density at radius 2 is 1.73 bits per heavy atom. The molecule has 0 aliphatic carbocycles. The van der Waals surface area contributed by atoms with Crippen LogP contribution in [-0.4, -0.2) is 64.2 Å². The maximum atomic E-state index is 13.5. The van der Waals surface area contributed by atoms with E-state index in [1.165, 1.54) is 10.5 Å². The molecule has 1 aromatic heterocycles. The number of pyridine rings is 1. The van der Waals surface area contributed by atoms with E-state index in [-0.39, 0.29) is 18.4 Å². The monoisotopic (exact) mass is 404 g/mol. The number of aryl methyl sites for hydroxylation is 2. The smallest absolute Gasteiger partial charge is 0.278 e. The van der Waals surface area contributed by atoms with Crippen LogP contribution in [0, 0.1) is 13.8 Å². The Morgan fingerprint density at radius 3 is 2.37 bits per heavy atom. The third kappa shape index (κ3) is 3.75. The number of benzene rings is 1. The van der Waals surface area contributed by atoms with Crippen LogP contribution in [0.5, 0.6) is 0 Å². The fourth-order valence-electron chi connectivity index (χ4n) is 4.12. The second-order valence-electron chi connectivity index (χ2n) is 8.00. The van der Waals surface area contributed by atoms with E-state index in [0.717, 1.165) is 49.4 Å². The number of rotatable bonds is 5. The summed E-state index contributed by atoms with van der Waals surface area (Å²) in [6, 6.07) is 9.71. The standard InChI is InChI=1S/C24H28N4O2/c1-4-26-10-12-27(13-11-26)22-21(20-8-7-17(2)18(3)14-20)23(29)28(24(22)30)16-19-6-5-9-25-15-19/h5-9,14-15H,4,10-13,16H2,1-3H3. The summed E-state index contributed by atoms with van der Waals surface area (Å²) in [5.74, 6) is -0.429. The Labute approximate surface area is 177 Å². The van der Waals surface area contributed by atoms with E-state index in [2.05, 4.69) is 28.6 Å². The number of imide groups is 1. The number of carbonyl (C=O) groups is 2. The zero-order chi connectivity index (χ0) is 21.3. The predicted octanol–water partition coefficient (Wildman–Crippen LogP) is 2.62. The van der Waals surface area contributed by atoms with E-state index in [9.17, 15) is 9.59 Å². The van der Waals surface area contributed by atoms with Crippen molar-refractivity contribution in [1.82, 2.24) is 19.7 Å². The van der Waals surface area contributed by atoms with E-state index in [4.69, 9.17) is 0 Å². The van der Waals surface area contributed by atoms with Gasteiger partial charge in [-0.25, -0.2) is 0 Å². The molecule has 1 aromatic carbocycles. The molecule has 0 unspecified atom stereocenters. The van der Waals surface area contributed by atoms with Crippen LogP contribution in [-0.2, 0) is 16.1 Å². The minimum Gasteiger partial charge on any atom is -0.364 e. The highest BCUT2D eigenvalue weighted by atomic mass is 16.2. The first-order chi connectivity index (χ1) is 14.5. The third-order valence-corrected chi connectivity index (χ3v) is 6.14. The van der Waals surface area contributed by atoms with Gasteiger partial charge in [0.05, 0.1) is 12.1 Å². The van der Waals surface area contributed by atoms with Crippen LogP contribution in [0.4, 0.5) is 0 Å². The first-order valence-corrected chi connectivity index (χ1v) is 10.5. The Hall–Kier alpha value is -2.99. The molecule has 6 nitrogen and oxygen atoms in total. The van der Waals surface area contributed by atoms with E-state index in [1.807, 2.05) is 37.3 Å². The molecule has 2 aliphatic heterocycles. The summed E-state index contributed by atoms with van der Waals surface area (Å²) in [5.41, 5.74) is 5.01. The third-order valence-electron chi connectivity index (χ3n) is 6.14. The molecule has 0 spiro atoms. The van der Waals surface area contributed by atoms with Crippen molar-refractivity contribution in [2.24, 2.45) is 0 Å². The minimum atomic E-state index is -0.222. The lowest BCUT2D eigenvalue weighted by Crippen LogP contribution is -2.47. The van der Waals surface area contributed by atoms with Crippen molar-refractivity contribution in [3.8, 4) is 0 Å². The Morgan fingerprint density at radius 1 is 0.967 bits per heavy atom. The van der Waals surface area contributed by atoms with Crippen LogP contribution >= 0.6 is 0 Å². The number of aromatic nitrogens is 1. The summed E-state index contributed by atoms with van der Waals surface area (Å²) < 4.78 is 0. The van der Waals surface area contributed by atoms with Crippen LogP contribution in [0.2, 0.25) is 0 Å². The maximum absolute atomic E-state index is 13.5. The molecule has 0 bridgehead atoms. The van der Waals surface area contributed by atoms with Gasteiger partial charge in [-0.3, -0.25) is 19.5 Å². The minimum absolute atomic E-state index is 0.206. The summed E-state index contributed by atoms with van der Waals surface area (Å²) in [6.07, 6.45) is 3.39. The lowest BCUT2D eigenvalue weighted by molar-refractivity contribution is -0.138. The Bertz CT molecular complexity index is 992. The molecular formula is C24H28N4O2. The highest BCUT2D eigenvalue weighted by Crippen LogP contribution is 2.33. The highest BCUT2D eigenvalue weighted by Gasteiger charge is 2.42. The number of amides is 2. The van der Waals surface area contributed by atoms with Crippen LogP contribution in [0.25, 0.3) is 5.57 Å². The van der Waals surface area contributed by atoms with Crippen molar-refractivity contribution in [2.75, 3.05) is 32.7 Å². The summed E-state index contributed by atoms with van der Waals surface area (Å²) in [4.78, 5) is 36.9. The molecule has 2 aromatic rings. The average molecular weight is 405 g/mol. The number of nitrogens with zero attached hydrogens (tertiary/aromatic N) is 4. The first-order valence-electron chi connectivity index (χ1n) is 10.5. The molecule has 3 heterocycles. The number of carbonyl (C=O) groups excluding carboxylic acids is 2. The summed E-state index contributed by atoms with van der Waals surface area (Å²) in [6.45, 7) is 10.7. The molecule has 6 heteroatoms. The largest absolute Gasteiger partial charge is 0.364 e. The van der Waals surface area contributed by atoms with Gasteiger partial charge in [-0.2, -0.15) is 0 Å². The molecule has 1 fully saturated rings. The normalized spacial score (nSPS) is 18.0. The molecule has 4 rings (SSSR count). The number of likely N-dealkylation sites (N-methyl/N-ethyl adjacent to an activating group) is 1. The molecule has 0 radical (unpaired) electrons. The first kappa shape index (κ1) is 20.3. The van der Waals surface area contributed by atoms with Crippen LogP contribution in [0.3, 0.4) is 0 Å². The van der Waals surface area contributed by atoms with Gasteiger partial charge >= 0.3 is 0 Å².